The van der Waals surface area contributed by atoms with E-state index in [0.29, 0.717) is 25.1 Å². The predicted molar refractivity (Wildman–Crippen MR) is 97.6 cm³/mol. The Labute approximate surface area is 147 Å². The number of benzene rings is 2. The van der Waals surface area contributed by atoms with Crippen LogP contribution in [0.15, 0.2) is 59.8 Å². The van der Waals surface area contributed by atoms with Crippen LogP contribution in [0.4, 0.5) is 0 Å². The smallest absolute Gasteiger partial charge is 0.254 e. The van der Waals surface area contributed by atoms with Crippen LogP contribution in [0.1, 0.15) is 16.8 Å². The van der Waals surface area contributed by atoms with E-state index in [2.05, 4.69) is 17.3 Å². The molecule has 0 aliphatic carbocycles. The standard InChI is InChI=1S/C20H22N2O3/c1-24-14-19-12-18(21-25-2)13-22(19)20(23)17-10-8-16(9-11-17)15-6-4-3-5-7-15/h3-11,19H,12-14H2,1-2H3/b21-18+. The van der Waals surface area contributed by atoms with Crippen LogP contribution in [0.3, 0.4) is 0 Å². The predicted octanol–water partition coefficient (Wildman–Crippen LogP) is 3.22. The maximum absolute atomic E-state index is 12.9. The Morgan fingerprint density at radius 2 is 1.76 bits per heavy atom. The van der Waals surface area contributed by atoms with Gasteiger partial charge in [-0.2, -0.15) is 0 Å². The first-order valence-electron chi connectivity index (χ1n) is 8.27. The van der Waals surface area contributed by atoms with Crippen molar-refractivity contribution in [3.8, 4) is 11.1 Å². The molecule has 0 saturated carbocycles. The minimum Gasteiger partial charge on any atom is -0.399 e. The largest absolute Gasteiger partial charge is 0.399 e. The van der Waals surface area contributed by atoms with Gasteiger partial charge in [0.2, 0.25) is 0 Å². The molecular weight excluding hydrogens is 316 g/mol. The Balaban J connectivity index is 1.78. The molecule has 130 valence electrons. The number of amides is 1. The molecule has 2 aromatic rings. The Kier molecular flexibility index (Phi) is 5.46. The first-order valence-corrected chi connectivity index (χ1v) is 8.27. The number of hydrogen-bond donors (Lipinski definition) is 0. The minimum absolute atomic E-state index is 0.0111. The third-order valence-corrected chi connectivity index (χ3v) is 4.34. The molecule has 5 heteroatoms. The lowest BCUT2D eigenvalue weighted by Gasteiger charge is -2.23. The number of methoxy groups -OCH3 is 1. The molecule has 2 aromatic carbocycles. The summed E-state index contributed by atoms with van der Waals surface area (Å²) < 4.78 is 5.26. The van der Waals surface area contributed by atoms with Gasteiger partial charge in [0, 0.05) is 19.1 Å². The van der Waals surface area contributed by atoms with Gasteiger partial charge in [0.05, 0.1) is 24.9 Å². The lowest BCUT2D eigenvalue weighted by atomic mass is 10.0. The molecule has 25 heavy (non-hydrogen) atoms. The first kappa shape index (κ1) is 17.2. The van der Waals surface area contributed by atoms with E-state index in [1.54, 1.807) is 12.0 Å². The summed E-state index contributed by atoms with van der Waals surface area (Å²) in [6.45, 7) is 0.956. The quantitative estimate of drug-likeness (QED) is 0.787. The third kappa shape index (κ3) is 3.88. The third-order valence-electron chi connectivity index (χ3n) is 4.34. The number of hydrogen-bond acceptors (Lipinski definition) is 4. The molecule has 1 aliphatic heterocycles. The van der Waals surface area contributed by atoms with Crippen molar-refractivity contribution in [3.63, 3.8) is 0 Å². The van der Waals surface area contributed by atoms with E-state index >= 15 is 0 Å². The number of carbonyl (C=O) groups is 1. The number of carbonyl (C=O) groups excluding carboxylic acids is 1. The van der Waals surface area contributed by atoms with E-state index in [0.717, 1.165) is 16.8 Å². The highest BCUT2D eigenvalue weighted by atomic mass is 16.6. The van der Waals surface area contributed by atoms with E-state index < -0.39 is 0 Å². The van der Waals surface area contributed by atoms with Crippen LogP contribution in [-0.2, 0) is 9.57 Å². The van der Waals surface area contributed by atoms with Crippen LogP contribution >= 0.6 is 0 Å². The van der Waals surface area contributed by atoms with Gasteiger partial charge in [0.1, 0.15) is 7.11 Å². The second-order valence-corrected chi connectivity index (χ2v) is 6.03. The monoisotopic (exact) mass is 338 g/mol. The molecule has 1 saturated heterocycles. The maximum Gasteiger partial charge on any atom is 0.254 e. The van der Waals surface area contributed by atoms with Gasteiger partial charge in [-0.3, -0.25) is 4.79 Å². The van der Waals surface area contributed by atoms with E-state index in [9.17, 15) is 4.79 Å². The van der Waals surface area contributed by atoms with Gasteiger partial charge in [-0.05, 0) is 23.3 Å². The SMILES string of the molecule is COCC1C/C(=N\OC)CN1C(=O)c1ccc(-c2ccccc2)cc1. The van der Waals surface area contributed by atoms with E-state index in [1.807, 2.05) is 42.5 Å². The summed E-state index contributed by atoms with van der Waals surface area (Å²) in [5, 5.41) is 4.00. The maximum atomic E-state index is 12.9. The molecule has 0 spiro atoms. The number of oxime groups is 1. The molecule has 0 N–H and O–H groups in total. The number of rotatable bonds is 5. The zero-order chi connectivity index (χ0) is 17.6. The lowest BCUT2D eigenvalue weighted by Crippen LogP contribution is -2.38. The highest BCUT2D eigenvalue weighted by Gasteiger charge is 2.33. The van der Waals surface area contributed by atoms with Crippen molar-refractivity contribution in [3.05, 3.63) is 60.2 Å². The molecule has 5 nitrogen and oxygen atoms in total. The van der Waals surface area contributed by atoms with Gasteiger partial charge >= 0.3 is 0 Å². The fourth-order valence-electron chi connectivity index (χ4n) is 3.15. The summed E-state index contributed by atoms with van der Waals surface area (Å²) in [6, 6.07) is 17.8. The van der Waals surface area contributed by atoms with Gasteiger partial charge in [0.15, 0.2) is 0 Å². The number of likely N-dealkylation sites (tertiary alicyclic amines) is 1. The van der Waals surface area contributed by atoms with Crippen molar-refractivity contribution < 1.29 is 14.4 Å². The van der Waals surface area contributed by atoms with Crippen LogP contribution in [0.2, 0.25) is 0 Å². The van der Waals surface area contributed by atoms with Gasteiger partial charge in [-0.15, -0.1) is 0 Å². The van der Waals surface area contributed by atoms with Crippen LogP contribution in [0.25, 0.3) is 11.1 Å². The normalized spacial score (nSPS) is 18.6. The molecular formula is C20H22N2O3. The Bertz CT molecular complexity index is 741. The molecule has 0 radical (unpaired) electrons. The van der Waals surface area contributed by atoms with Crippen molar-refractivity contribution in [2.75, 3.05) is 27.4 Å². The van der Waals surface area contributed by atoms with E-state index in [-0.39, 0.29) is 11.9 Å². The fourth-order valence-corrected chi connectivity index (χ4v) is 3.15. The molecule has 1 heterocycles. The molecule has 0 bridgehead atoms. The summed E-state index contributed by atoms with van der Waals surface area (Å²) in [7, 11) is 3.16. The van der Waals surface area contributed by atoms with Crippen molar-refractivity contribution in [2.24, 2.45) is 5.16 Å². The van der Waals surface area contributed by atoms with Gasteiger partial charge < -0.3 is 14.5 Å². The highest BCUT2D eigenvalue weighted by Crippen LogP contribution is 2.23. The van der Waals surface area contributed by atoms with E-state index in [1.165, 1.54) is 7.11 Å². The number of ether oxygens (including phenoxy) is 1. The molecule has 0 aromatic heterocycles. The zero-order valence-corrected chi connectivity index (χ0v) is 14.5. The molecule has 1 fully saturated rings. The van der Waals surface area contributed by atoms with Crippen LogP contribution in [-0.4, -0.2) is 49.9 Å². The fraction of sp³-hybridized carbons (Fsp3) is 0.300. The number of nitrogens with zero attached hydrogens (tertiary/aromatic N) is 2. The average Bonchev–Trinajstić information content (AvgIpc) is 3.05. The van der Waals surface area contributed by atoms with E-state index in [4.69, 9.17) is 9.57 Å². The molecule has 1 unspecified atom stereocenters. The molecule has 1 atom stereocenters. The summed E-state index contributed by atoms with van der Waals surface area (Å²) in [6.07, 6.45) is 0.676. The summed E-state index contributed by atoms with van der Waals surface area (Å²) in [5.74, 6) is -0.0111. The Morgan fingerprint density at radius 3 is 2.40 bits per heavy atom. The van der Waals surface area contributed by atoms with Crippen LogP contribution < -0.4 is 0 Å². The first-order chi connectivity index (χ1) is 12.2. The second-order valence-electron chi connectivity index (χ2n) is 6.03. The second kappa shape index (κ2) is 7.94. The van der Waals surface area contributed by atoms with Crippen molar-refractivity contribution in [1.82, 2.24) is 4.90 Å². The zero-order valence-electron chi connectivity index (χ0n) is 14.5. The summed E-state index contributed by atoms with van der Waals surface area (Å²) in [4.78, 5) is 19.6. The Hall–Kier alpha value is -2.66. The van der Waals surface area contributed by atoms with Crippen LogP contribution in [0, 0.1) is 0 Å². The van der Waals surface area contributed by atoms with Gasteiger partial charge in [-0.1, -0.05) is 47.6 Å². The van der Waals surface area contributed by atoms with Crippen molar-refractivity contribution in [1.29, 1.82) is 0 Å². The Morgan fingerprint density at radius 1 is 1.08 bits per heavy atom. The topological polar surface area (TPSA) is 51.1 Å². The van der Waals surface area contributed by atoms with Crippen molar-refractivity contribution in [2.45, 2.75) is 12.5 Å². The van der Waals surface area contributed by atoms with Gasteiger partial charge in [-0.25, -0.2) is 0 Å². The summed E-state index contributed by atoms with van der Waals surface area (Å²) in [5.41, 5.74) is 3.75. The summed E-state index contributed by atoms with van der Waals surface area (Å²) >= 11 is 0. The highest BCUT2D eigenvalue weighted by molar-refractivity contribution is 6.00. The van der Waals surface area contributed by atoms with Gasteiger partial charge in [0.25, 0.3) is 5.91 Å². The minimum atomic E-state index is -0.0137. The molecule has 1 amide bonds. The molecule has 3 rings (SSSR count). The lowest BCUT2D eigenvalue weighted by molar-refractivity contribution is 0.0632. The average molecular weight is 338 g/mol. The van der Waals surface area contributed by atoms with Crippen molar-refractivity contribution >= 4 is 11.6 Å². The van der Waals surface area contributed by atoms with Crippen LogP contribution in [0.5, 0.6) is 0 Å². The molecule has 1 aliphatic rings.